The van der Waals surface area contributed by atoms with Gasteiger partial charge in [0.15, 0.2) is 0 Å². The fraction of sp³-hybridized carbons (Fsp3) is 0.600. The van der Waals surface area contributed by atoms with E-state index < -0.39 is 0 Å². The van der Waals surface area contributed by atoms with Gasteiger partial charge < -0.3 is 10.1 Å². The van der Waals surface area contributed by atoms with Crippen LogP contribution in [0.5, 0.6) is 5.75 Å². The van der Waals surface area contributed by atoms with E-state index in [2.05, 4.69) is 77.2 Å². The summed E-state index contributed by atoms with van der Waals surface area (Å²) in [6.07, 6.45) is 6.56. The highest BCUT2D eigenvalue weighted by Crippen LogP contribution is 2.57. The Hall–Kier alpha value is -1.51. The molecule has 2 nitrogen and oxygen atoms in total. The van der Waals surface area contributed by atoms with Crippen LogP contribution < -0.4 is 10.1 Å². The number of nitrogens with one attached hydrogen (secondary N) is 1. The minimum atomic E-state index is 0. The van der Waals surface area contributed by atoms with E-state index in [1.54, 1.807) is 18.2 Å². The summed E-state index contributed by atoms with van der Waals surface area (Å²) in [7, 11) is 1.76. The van der Waals surface area contributed by atoms with Gasteiger partial charge in [-0.3, -0.25) is 0 Å². The maximum absolute atomic E-state index is 5.50. The van der Waals surface area contributed by atoms with Crippen molar-refractivity contribution in [3.8, 4) is 5.75 Å². The van der Waals surface area contributed by atoms with E-state index in [0.717, 1.165) is 24.8 Å². The maximum Gasteiger partial charge on any atom is 0.122 e. The quantitative estimate of drug-likeness (QED) is 0.468. The monoisotopic (exact) mass is 469 g/mol. The first-order valence-corrected chi connectivity index (χ1v) is 12.7. The molecule has 0 amide bonds. The van der Waals surface area contributed by atoms with Gasteiger partial charge in [0.05, 0.1) is 7.11 Å². The van der Waals surface area contributed by atoms with Gasteiger partial charge in [-0.05, 0) is 102 Å². The van der Waals surface area contributed by atoms with Gasteiger partial charge in [-0.1, -0.05) is 58.4 Å². The molecule has 4 rings (SSSR count). The predicted molar refractivity (Wildman–Crippen MR) is 143 cm³/mol. The Morgan fingerprint density at radius 1 is 1.06 bits per heavy atom. The first-order chi connectivity index (χ1) is 15.2. The SMILES string of the molecule is COc1cc(C)c(CNC[C@]2(C)CCC[C@]3(C)c4ccc(C(C)C)cc4CC[C@@H]23)cc1C.Cl. The van der Waals surface area contributed by atoms with Crippen molar-refractivity contribution >= 4 is 12.4 Å². The summed E-state index contributed by atoms with van der Waals surface area (Å²) in [5.41, 5.74) is 9.34. The second-order valence-corrected chi connectivity index (χ2v) is 11.4. The van der Waals surface area contributed by atoms with Crippen LogP contribution in [0.4, 0.5) is 0 Å². The fourth-order valence-corrected chi connectivity index (χ4v) is 6.96. The summed E-state index contributed by atoms with van der Waals surface area (Å²) >= 11 is 0. The van der Waals surface area contributed by atoms with Crippen molar-refractivity contribution in [1.29, 1.82) is 0 Å². The van der Waals surface area contributed by atoms with Gasteiger partial charge in [-0.2, -0.15) is 0 Å². The zero-order chi connectivity index (χ0) is 23.1. The third-order valence-electron chi connectivity index (χ3n) is 8.87. The summed E-state index contributed by atoms with van der Waals surface area (Å²) in [6, 6.07) is 11.9. The van der Waals surface area contributed by atoms with Crippen LogP contribution in [-0.4, -0.2) is 13.7 Å². The van der Waals surface area contributed by atoms with Crippen molar-refractivity contribution in [3.63, 3.8) is 0 Å². The van der Waals surface area contributed by atoms with Gasteiger partial charge >= 0.3 is 0 Å². The molecule has 3 heteroatoms. The van der Waals surface area contributed by atoms with Gasteiger partial charge in [0, 0.05) is 13.1 Å². The number of hydrogen-bond donors (Lipinski definition) is 1. The fourth-order valence-electron chi connectivity index (χ4n) is 6.96. The first-order valence-electron chi connectivity index (χ1n) is 12.7. The number of halogens is 1. The van der Waals surface area contributed by atoms with E-state index in [-0.39, 0.29) is 12.4 Å². The molecule has 2 aliphatic rings. The molecule has 1 N–H and O–H groups in total. The normalized spacial score (nSPS) is 26.4. The highest BCUT2D eigenvalue weighted by Gasteiger charge is 2.51. The number of methoxy groups -OCH3 is 1. The Bertz CT molecular complexity index is 984. The number of ether oxygens (including phenoxy) is 1. The number of benzene rings is 2. The molecule has 0 aliphatic heterocycles. The minimum absolute atomic E-state index is 0. The lowest BCUT2D eigenvalue weighted by Gasteiger charge is -2.55. The highest BCUT2D eigenvalue weighted by atomic mass is 35.5. The van der Waals surface area contributed by atoms with Crippen LogP contribution >= 0.6 is 12.4 Å². The van der Waals surface area contributed by atoms with Crippen molar-refractivity contribution in [2.24, 2.45) is 11.3 Å². The molecular weight excluding hydrogens is 426 g/mol. The van der Waals surface area contributed by atoms with E-state index in [1.165, 1.54) is 54.4 Å². The lowest BCUT2D eigenvalue weighted by atomic mass is 9.49. The third kappa shape index (κ3) is 4.84. The van der Waals surface area contributed by atoms with Crippen molar-refractivity contribution in [1.82, 2.24) is 5.32 Å². The Morgan fingerprint density at radius 2 is 1.82 bits per heavy atom. The Kier molecular flexibility index (Phi) is 7.91. The summed E-state index contributed by atoms with van der Waals surface area (Å²) in [6.45, 7) is 16.1. The van der Waals surface area contributed by atoms with Crippen molar-refractivity contribution in [2.75, 3.05) is 13.7 Å². The Labute approximate surface area is 208 Å². The lowest BCUT2D eigenvalue weighted by molar-refractivity contribution is 0.0257. The van der Waals surface area contributed by atoms with E-state index in [0.29, 0.717) is 16.7 Å². The standard InChI is InChI=1S/C30H43NO.ClH/c1-20(2)23-9-11-26-24(17-23)10-12-28-29(5,13-8-14-30(26,28)6)19-31-18-25-15-22(4)27(32-7)16-21(25)3;/h9,11,15-17,20,28,31H,8,10,12-14,18-19H2,1-7H3;1H/t28-,29-,30+;/m0./s1. The lowest BCUT2D eigenvalue weighted by Crippen LogP contribution is -2.52. The molecule has 0 saturated heterocycles. The Morgan fingerprint density at radius 3 is 2.52 bits per heavy atom. The van der Waals surface area contributed by atoms with Gasteiger partial charge in [-0.15, -0.1) is 12.4 Å². The van der Waals surface area contributed by atoms with Gasteiger partial charge in [0.2, 0.25) is 0 Å². The number of rotatable bonds is 6. The summed E-state index contributed by atoms with van der Waals surface area (Å²) in [5, 5.41) is 3.87. The molecule has 2 aliphatic carbocycles. The van der Waals surface area contributed by atoms with Crippen LogP contribution in [0.1, 0.15) is 92.7 Å². The number of hydrogen-bond acceptors (Lipinski definition) is 2. The smallest absolute Gasteiger partial charge is 0.122 e. The summed E-state index contributed by atoms with van der Waals surface area (Å²) in [5.74, 6) is 2.34. The molecule has 0 bridgehead atoms. The molecule has 2 aromatic rings. The molecule has 0 spiro atoms. The summed E-state index contributed by atoms with van der Waals surface area (Å²) in [4.78, 5) is 0. The molecule has 1 fully saturated rings. The van der Waals surface area contributed by atoms with Crippen molar-refractivity contribution in [2.45, 2.75) is 91.5 Å². The van der Waals surface area contributed by atoms with E-state index in [9.17, 15) is 0 Å². The van der Waals surface area contributed by atoms with E-state index in [4.69, 9.17) is 4.74 Å². The molecule has 0 heterocycles. The molecule has 33 heavy (non-hydrogen) atoms. The van der Waals surface area contributed by atoms with Crippen LogP contribution in [-0.2, 0) is 18.4 Å². The molecular formula is C30H44ClNO. The molecule has 3 atom stereocenters. The van der Waals surface area contributed by atoms with Crippen LogP contribution in [0.15, 0.2) is 30.3 Å². The van der Waals surface area contributed by atoms with Gasteiger partial charge in [-0.25, -0.2) is 0 Å². The second kappa shape index (κ2) is 10.0. The van der Waals surface area contributed by atoms with Gasteiger partial charge in [0.25, 0.3) is 0 Å². The number of fused-ring (bicyclic) bond motifs is 3. The average molecular weight is 470 g/mol. The molecule has 0 unspecified atom stereocenters. The van der Waals surface area contributed by atoms with Crippen molar-refractivity contribution < 1.29 is 4.74 Å². The van der Waals surface area contributed by atoms with Crippen LogP contribution in [0.2, 0.25) is 0 Å². The first kappa shape index (κ1) is 26.1. The van der Waals surface area contributed by atoms with E-state index >= 15 is 0 Å². The summed E-state index contributed by atoms with van der Waals surface area (Å²) < 4.78 is 5.50. The predicted octanol–water partition coefficient (Wildman–Crippen LogP) is 7.66. The largest absolute Gasteiger partial charge is 0.496 e. The molecule has 1 saturated carbocycles. The van der Waals surface area contributed by atoms with Crippen LogP contribution in [0.25, 0.3) is 0 Å². The third-order valence-corrected chi connectivity index (χ3v) is 8.87. The molecule has 0 radical (unpaired) electrons. The average Bonchev–Trinajstić information content (AvgIpc) is 2.75. The second-order valence-electron chi connectivity index (χ2n) is 11.4. The minimum Gasteiger partial charge on any atom is -0.496 e. The van der Waals surface area contributed by atoms with E-state index in [1.807, 2.05) is 0 Å². The molecule has 2 aromatic carbocycles. The number of aryl methyl sites for hydroxylation is 3. The highest BCUT2D eigenvalue weighted by molar-refractivity contribution is 5.85. The van der Waals surface area contributed by atoms with Crippen molar-refractivity contribution in [3.05, 3.63) is 63.7 Å². The van der Waals surface area contributed by atoms with Gasteiger partial charge in [0.1, 0.15) is 5.75 Å². The zero-order valence-electron chi connectivity index (χ0n) is 21.8. The van der Waals surface area contributed by atoms with Crippen LogP contribution in [0, 0.1) is 25.2 Å². The maximum atomic E-state index is 5.50. The molecule has 182 valence electrons. The van der Waals surface area contributed by atoms with Crippen LogP contribution in [0.3, 0.4) is 0 Å². The topological polar surface area (TPSA) is 21.3 Å². The zero-order valence-corrected chi connectivity index (χ0v) is 22.6. The Balaban J connectivity index is 0.00000306. The molecule has 0 aromatic heterocycles.